The van der Waals surface area contributed by atoms with Crippen LogP contribution in [0.2, 0.25) is 0 Å². The number of benzene rings is 1. The largest absolute Gasteiger partial charge is 0.497 e. The lowest BCUT2D eigenvalue weighted by Crippen LogP contribution is -1.98. The number of allylic oxidation sites excluding steroid dienone is 4. The van der Waals surface area contributed by atoms with Gasteiger partial charge < -0.3 is 9.47 Å². The molecule has 0 atom stereocenters. The Balaban J connectivity index is 1.86. The standard InChI is InChI=1S/C20H24O3/c1-15(14-16(2)19-12-13-23-20(19)21)6-4-5-7-17-8-10-18(22-3)11-9-17/h5-11H,4,12-14H2,1-3H3/b7-5+,15-6+,19-16-. The number of carbonyl (C=O) groups excluding carboxylic acids is 1. The first-order valence-electron chi connectivity index (χ1n) is 7.92. The Labute approximate surface area is 138 Å². The molecule has 1 heterocycles. The third kappa shape index (κ3) is 5.13. The maximum Gasteiger partial charge on any atom is 0.334 e. The van der Waals surface area contributed by atoms with E-state index in [0.717, 1.165) is 41.7 Å². The molecule has 0 N–H and O–H groups in total. The van der Waals surface area contributed by atoms with Crippen molar-refractivity contribution in [3.05, 3.63) is 58.7 Å². The number of methoxy groups -OCH3 is 1. The van der Waals surface area contributed by atoms with Crippen LogP contribution in [0.3, 0.4) is 0 Å². The first-order chi connectivity index (χ1) is 11.1. The van der Waals surface area contributed by atoms with Crippen LogP contribution in [0.1, 0.15) is 38.7 Å². The van der Waals surface area contributed by atoms with Crippen molar-refractivity contribution in [2.24, 2.45) is 0 Å². The summed E-state index contributed by atoms with van der Waals surface area (Å²) in [7, 11) is 1.67. The summed E-state index contributed by atoms with van der Waals surface area (Å²) >= 11 is 0. The predicted octanol–water partition coefficient (Wildman–Crippen LogP) is 4.70. The zero-order chi connectivity index (χ0) is 16.7. The molecule has 1 aromatic carbocycles. The van der Waals surface area contributed by atoms with Crippen molar-refractivity contribution < 1.29 is 14.3 Å². The van der Waals surface area contributed by atoms with Crippen LogP contribution in [0.5, 0.6) is 5.75 Å². The lowest BCUT2D eigenvalue weighted by molar-refractivity contribution is -0.135. The molecule has 0 unspecified atom stereocenters. The predicted molar refractivity (Wildman–Crippen MR) is 93.3 cm³/mol. The van der Waals surface area contributed by atoms with Gasteiger partial charge in [0.25, 0.3) is 0 Å². The Morgan fingerprint density at radius 2 is 2.00 bits per heavy atom. The van der Waals surface area contributed by atoms with Gasteiger partial charge in [-0.2, -0.15) is 0 Å². The Bertz CT molecular complexity index is 633. The fraction of sp³-hybridized carbons (Fsp3) is 0.350. The van der Waals surface area contributed by atoms with E-state index in [1.807, 2.05) is 31.2 Å². The summed E-state index contributed by atoms with van der Waals surface area (Å²) in [5.41, 5.74) is 4.41. The Hall–Kier alpha value is -2.29. The number of carbonyl (C=O) groups is 1. The molecule has 1 aromatic rings. The van der Waals surface area contributed by atoms with Crippen LogP contribution in [-0.4, -0.2) is 19.7 Å². The number of hydrogen-bond donors (Lipinski definition) is 0. The highest BCUT2D eigenvalue weighted by Gasteiger charge is 2.20. The van der Waals surface area contributed by atoms with Gasteiger partial charge >= 0.3 is 5.97 Å². The topological polar surface area (TPSA) is 35.5 Å². The van der Waals surface area contributed by atoms with E-state index in [1.165, 1.54) is 5.57 Å². The summed E-state index contributed by atoms with van der Waals surface area (Å²) < 4.78 is 10.1. The maximum absolute atomic E-state index is 11.5. The van der Waals surface area contributed by atoms with Gasteiger partial charge in [-0.3, -0.25) is 0 Å². The average Bonchev–Trinajstić information content (AvgIpc) is 2.98. The second-order valence-corrected chi connectivity index (χ2v) is 5.78. The molecule has 0 amide bonds. The first-order valence-corrected chi connectivity index (χ1v) is 7.92. The van der Waals surface area contributed by atoms with Crippen molar-refractivity contribution in [3.8, 4) is 5.75 Å². The molecule has 0 spiro atoms. The van der Waals surface area contributed by atoms with Gasteiger partial charge in [0.15, 0.2) is 0 Å². The minimum Gasteiger partial charge on any atom is -0.497 e. The molecule has 1 saturated heterocycles. The molecule has 1 aliphatic heterocycles. The maximum atomic E-state index is 11.5. The fourth-order valence-electron chi connectivity index (χ4n) is 2.61. The first kappa shape index (κ1) is 17.1. The van der Waals surface area contributed by atoms with Crippen LogP contribution in [0, 0.1) is 0 Å². The third-order valence-electron chi connectivity index (χ3n) is 3.92. The van der Waals surface area contributed by atoms with E-state index < -0.39 is 0 Å². The summed E-state index contributed by atoms with van der Waals surface area (Å²) in [6, 6.07) is 7.98. The zero-order valence-corrected chi connectivity index (χ0v) is 14.1. The van der Waals surface area contributed by atoms with E-state index >= 15 is 0 Å². The fourth-order valence-corrected chi connectivity index (χ4v) is 2.61. The third-order valence-corrected chi connectivity index (χ3v) is 3.92. The second kappa shape index (κ2) is 8.37. The highest BCUT2D eigenvalue weighted by molar-refractivity contribution is 5.91. The van der Waals surface area contributed by atoms with Crippen LogP contribution in [0.15, 0.2) is 53.1 Å². The average molecular weight is 312 g/mol. The number of hydrogen-bond acceptors (Lipinski definition) is 3. The van der Waals surface area contributed by atoms with Gasteiger partial charge in [-0.25, -0.2) is 4.79 Å². The molecule has 0 saturated carbocycles. The SMILES string of the molecule is COc1ccc(/C=C/C/C=C(\C)C/C(C)=C2/CCOC2=O)cc1. The van der Waals surface area contributed by atoms with Crippen LogP contribution in [0.4, 0.5) is 0 Å². The van der Waals surface area contributed by atoms with Gasteiger partial charge in [-0.1, -0.05) is 41.5 Å². The molecule has 3 heteroatoms. The molecule has 0 bridgehead atoms. The molecule has 3 nitrogen and oxygen atoms in total. The summed E-state index contributed by atoms with van der Waals surface area (Å²) in [5, 5.41) is 0. The number of esters is 1. The van der Waals surface area contributed by atoms with Crippen LogP contribution in [-0.2, 0) is 9.53 Å². The summed E-state index contributed by atoms with van der Waals surface area (Å²) in [6.45, 7) is 4.65. The summed E-state index contributed by atoms with van der Waals surface area (Å²) in [5.74, 6) is 0.724. The van der Waals surface area contributed by atoms with Crippen molar-refractivity contribution in [2.75, 3.05) is 13.7 Å². The lowest BCUT2D eigenvalue weighted by Gasteiger charge is -2.04. The van der Waals surface area contributed by atoms with Crippen molar-refractivity contribution in [2.45, 2.75) is 33.1 Å². The Morgan fingerprint density at radius 3 is 2.61 bits per heavy atom. The Morgan fingerprint density at radius 1 is 1.26 bits per heavy atom. The zero-order valence-electron chi connectivity index (χ0n) is 14.1. The van der Waals surface area contributed by atoms with Gasteiger partial charge in [0.1, 0.15) is 5.75 Å². The molecule has 122 valence electrons. The van der Waals surface area contributed by atoms with E-state index in [0.29, 0.717) is 6.61 Å². The molecular formula is C20H24O3. The Kier molecular flexibility index (Phi) is 6.21. The van der Waals surface area contributed by atoms with Crippen molar-refractivity contribution >= 4 is 12.0 Å². The summed E-state index contributed by atoms with van der Waals surface area (Å²) in [6.07, 6.45) is 8.89. The van der Waals surface area contributed by atoms with Crippen molar-refractivity contribution in [1.29, 1.82) is 0 Å². The number of cyclic esters (lactones) is 1. The molecule has 2 rings (SSSR count). The van der Waals surface area contributed by atoms with E-state index in [-0.39, 0.29) is 5.97 Å². The minimum absolute atomic E-state index is 0.144. The van der Waals surface area contributed by atoms with Gasteiger partial charge in [0.2, 0.25) is 0 Å². The lowest BCUT2D eigenvalue weighted by atomic mass is 10.0. The summed E-state index contributed by atoms with van der Waals surface area (Å²) in [4.78, 5) is 11.5. The quantitative estimate of drug-likeness (QED) is 0.434. The molecule has 1 aliphatic rings. The highest BCUT2D eigenvalue weighted by atomic mass is 16.5. The van der Waals surface area contributed by atoms with Crippen molar-refractivity contribution in [1.82, 2.24) is 0 Å². The monoisotopic (exact) mass is 312 g/mol. The second-order valence-electron chi connectivity index (χ2n) is 5.78. The number of rotatable bonds is 6. The highest BCUT2D eigenvalue weighted by Crippen LogP contribution is 2.22. The van der Waals surface area contributed by atoms with Gasteiger partial charge in [-0.15, -0.1) is 0 Å². The number of ether oxygens (including phenoxy) is 2. The van der Waals surface area contributed by atoms with E-state index in [4.69, 9.17) is 9.47 Å². The molecule has 0 aliphatic carbocycles. The molecule has 0 aromatic heterocycles. The van der Waals surface area contributed by atoms with E-state index in [1.54, 1.807) is 7.11 Å². The van der Waals surface area contributed by atoms with Crippen LogP contribution < -0.4 is 4.74 Å². The van der Waals surface area contributed by atoms with E-state index in [2.05, 4.69) is 25.2 Å². The van der Waals surface area contributed by atoms with Gasteiger partial charge in [-0.05, 0) is 44.4 Å². The van der Waals surface area contributed by atoms with Gasteiger partial charge in [0.05, 0.1) is 13.7 Å². The smallest absolute Gasteiger partial charge is 0.334 e. The van der Waals surface area contributed by atoms with Crippen LogP contribution in [0.25, 0.3) is 6.08 Å². The van der Waals surface area contributed by atoms with Crippen LogP contribution >= 0.6 is 0 Å². The molecule has 1 fully saturated rings. The minimum atomic E-state index is -0.144. The van der Waals surface area contributed by atoms with Gasteiger partial charge in [0, 0.05) is 12.0 Å². The molecule has 23 heavy (non-hydrogen) atoms. The van der Waals surface area contributed by atoms with E-state index in [9.17, 15) is 4.79 Å². The normalized spacial score (nSPS) is 17.5. The molecule has 0 radical (unpaired) electrons. The van der Waals surface area contributed by atoms with Crippen molar-refractivity contribution in [3.63, 3.8) is 0 Å². The molecular weight excluding hydrogens is 288 g/mol.